The largest absolute Gasteiger partial charge is 0.484 e. The lowest BCUT2D eigenvalue weighted by molar-refractivity contribution is 0.141. The number of aromatic nitrogens is 1. The van der Waals surface area contributed by atoms with Crippen molar-refractivity contribution < 1.29 is 9.47 Å². The van der Waals surface area contributed by atoms with Gasteiger partial charge in [-0.1, -0.05) is 0 Å². The number of ether oxygens (including phenoxy) is 2. The van der Waals surface area contributed by atoms with Crippen molar-refractivity contribution in [1.29, 1.82) is 0 Å². The number of hydrogen-bond acceptors (Lipinski definition) is 4. The van der Waals surface area contributed by atoms with Crippen LogP contribution in [-0.2, 0) is 4.74 Å². The fourth-order valence-corrected chi connectivity index (χ4v) is 1.29. The van der Waals surface area contributed by atoms with Crippen molar-refractivity contribution in [2.24, 2.45) is 0 Å². The van der Waals surface area contributed by atoms with E-state index in [2.05, 4.69) is 4.98 Å². The third-order valence-corrected chi connectivity index (χ3v) is 1.98. The summed E-state index contributed by atoms with van der Waals surface area (Å²) in [6, 6.07) is 3.63. The molecule has 1 atom stereocenters. The molecule has 1 aromatic rings. The maximum atomic E-state index is 5.62. The third kappa shape index (κ3) is 1.89. The predicted molar refractivity (Wildman–Crippen MR) is 48.5 cm³/mol. The van der Waals surface area contributed by atoms with E-state index in [4.69, 9.17) is 15.2 Å². The summed E-state index contributed by atoms with van der Waals surface area (Å²) in [5.74, 6) is 1.09. The summed E-state index contributed by atoms with van der Waals surface area (Å²) in [6.45, 7) is 1.42. The van der Waals surface area contributed by atoms with Crippen LogP contribution in [0.2, 0.25) is 0 Å². The molecule has 70 valence electrons. The van der Waals surface area contributed by atoms with Gasteiger partial charge in [0.2, 0.25) is 0 Å². The number of nitrogens with zero attached hydrogens (tertiary/aromatic N) is 1. The van der Waals surface area contributed by atoms with Gasteiger partial charge in [0, 0.05) is 12.6 Å². The number of rotatable bonds is 2. The summed E-state index contributed by atoms with van der Waals surface area (Å²) in [6.07, 6.45) is 2.70. The zero-order valence-corrected chi connectivity index (χ0v) is 7.27. The lowest BCUT2D eigenvalue weighted by Gasteiger charge is -2.12. The van der Waals surface area contributed by atoms with Gasteiger partial charge in [0.15, 0.2) is 11.6 Å². The molecule has 0 saturated carbocycles. The highest BCUT2D eigenvalue weighted by atomic mass is 16.5. The van der Waals surface area contributed by atoms with Gasteiger partial charge in [-0.15, -0.1) is 0 Å². The smallest absolute Gasteiger partial charge is 0.166 e. The SMILES string of the molecule is Nc1ncccc1OC1CCOC1. The molecule has 0 spiro atoms. The fraction of sp³-hybridized carbons (Fsp3) is 0.444. The van der Waals surface area contributed by atoms with Crippen molar-refractivity contribution >= 4 is 5.82 Å². The van der Waals surface area contributed by atoms with E-state index in [-0.39, 0.29) is 6.10 Å². The first-order valence-corrected chi connectivity index (χ1v) is 4.31. The standard InChI is InChI=1S/C9H12N2O2/c10-9-8(2-1-4-11-9)13-7-3-5-12-6-7/h1-2,4,7H,3,5-6H2,(H2,10,11). The normalized spacial score (nSPS) is 21.7. The van der Waals surface area contributed by atoms with E-state index in [1.165, 1.54) is 0 Å². The number of nitrogens with two attached hydrogens (primary N) is 1. The summed E-state index contributed by atoms with van der Waals surface area (Å²) >= 11 is 0. The molecule has 4 heteroatoms. The van der Waals surface area contributed by atoms with E-state index in [1.807, 2.05) is 12.1 Å². The van der Waals surface area contributed by atoms with Crippen molar-refractivity contribution in [3.63, 3.8) is 0 Å². The highest BCUT2D eigenvalue weighted by Gasteiger charge is 2.17. The molecule has 1 aliphatic rings. The van der Waals surface area contributed by atoms with Crippen LogP contribution in [0.5, 0.6) is 5.75 Å². The van der Waals surface area contributed by atoms with Crippen LogP contribution in [0.3, 0.4) is 0 Å². The summed E-state index contributed by atoms with van der Waals surface area (Å²) < 4.78 is 10.8. The van der Waals surface area contributed by atoms with Gasteiger partial charge in [-0.25, -0.2) is 4.98 Å². The van der Waals surface area contributed by atoms with Gasteiger partial charge in [0.05, 0.1) is 13.2 Å². The lowest BCUT2D eigenvalue weighted by atomic mass is 10.3. The summed E-state index contributed by atoms with van der Waals surface area (Å²) in [5, 5.41) is 0. The average Bonchev–Trinajstić information content (AvgIpc) is 2.61. The van der Waals surface area contributed by atoms with Gasteiger partial charge >= 0.3 is 0 Å². The Kier molecular flexibility index (Phi) is 2.31. The van der Waals surface area contributed by atoms with Gasteiger partial charge in [0.25, 0.3) is 0 Å². The Bertz CT molecular complexity index is 285. The molecular weight excluding hydrogens is 168 g/mol. The Hall–Kier alpha value is -1.29. The second-order valence-corrected chi connectivity index (χ2v) is 2.99. The van der Waals surface area contributed by atoms with Gasteiger partial charge in [-0.05, 0) is 12.1 Å². The number of hydrogen-bond donors (Lipinski definition) is 1. The molecule has 13 heavy (non-hydrogen) atoms. The Balaban J connectivity index is 2.04. The lowest BCUT2D eigenvalue weighted by Crippen LogP contribution is -2.16. The molecule has 2 N–H and O–H groups in total. The van der Waals surface area contributed by atoms with Crippen molar-refractivity contribution in [2.45, 2.75) is 12.5 Å². The van der Waals surface area contributed by atoms with Crippen LogP contribution in [0.1, 0.15) is 6.42 Å². The number of anilines is 1. The van der Waals surface area contributed by atoms with Crippen LogP contribution in [0.15, 0.2) is 18.3 Å². The van der Waals surface area contributed by atoms with Crippen LogP contribution in [-0.4, -0.2) is 24.3 Å². The molecule has 0 bridgehead atoms. The van der Waals surface area contributed by atoms with Crippen LogP contribution < -0.4 is 10.5 Å². The molecule has 1 unspecified atom stereocenters. The Morgan fingerprint density at radius 1 is 1.62 bits per heavy atom. The first-order chi connectivity index (χ1) is 6.36. The van der Waals surface area contributed by atoms with Crippen LogP contribution in [0.4, 0.5) is 5.82 Å². The molecule has 1 fully saturated rings. The molecule has 0 aromatic carbocycles. The molecule has 4 nitrogen and oxygen atoms in total. The average molecular weight is 180 g/mol. The molecule has 2 heterocycles. The quantitative estimate of drug-likeness (QED) is 0.732. The second kappa shape index (κ2) is 3.62. The highest BCUT2D eigenvalue weighted by Crippen LogP contribution is 2.21. The fourth-order valence-electron chi connectivity index (χ4n) is 1.29. The summed E-state index contributed by atoms with van der Waals surface area (Å²) in [7, 11) is 0. The maximum absolute atomic E-state index is 5.62. The molecule has 1 aromatic heterocycles. The molecule has 2 rings (SSSR count). The minimum atomic E-state index is 0.131. The molecule has 1 aliphatic heterocycles. The predicted octanol–water partition coefficient (Wildman–Crippen LogP) is 0.831. The van der Waals surface area contributed by atoms with E-state index in [1.54, 1.807) is 6.20 Å². The van der Waals surface area contributed by atoms with Crippen LogP contribution in [0.25, 0.3) is 0 Å². The molecule has 0 amide bonds. The van der Waals surface area contributed by atoms with Gasteiger partial charge in [-0.2, -0.15) is 0 Å². The maximum Gasteiger partial charge on any atom is 0.166 e. The second-order valence-electron chi connectivity index (χ2n) is 2.99. The zero-order valence-electron chi connectivity index (χ0n) is 7.27. The Morgan fingerprint density at radius 2 is 2.54 bits per heavy atom. The van der Waals surface area contributed by atoms with Crippen molar-refractivity contribution in [3.05, 3.63) is 18.3 Å². The highest BCUT2D eigenvalue weighted by molar-refractivity contribution is 5.44. The Labute approximate surface area is 76.7 Å². The first-order valence-electron chi connectivity index (χ1n) is 4.31. The molecule has 0 radical (unpaired) electrons. The van der Waals surface area contributed by atoms with E-state index >= 15 is 0 Å². The first kappa shape index (κ1) is 8.31. The minimum absolute atomic E-state index is 0.131. The summed E-state index contributed by atoms with van der Waals surface area (Å²) in [4.78, 5) is 3.93. The van der Waals surface area contributed by atoms with Crippen LogP contribution >= 0.6 is 0 Å². The van der Waals surface area contributed by atoms with E-state index in [9.17, 15) is 0 Å². The van der Waals surface area contributed by atoms with Crippen LogP contribution in [0, 0.1) is 0 Å². The number of nitrogen functional groups attached to an aromatic ring is 1. The van der Waals surface area contributed by atoms with Crippen molar-refractivity contribution in [1.82, 2.24) is 4.98 Å². The van der Waals surface area contributed by atoms with E-state index in [0.717, 1.165) is 13.0 Å². The van der Waals surface area contributed by atoms with Gasteiger partial charge in [0.1, 0.15) is 6.10 Å². The Morgan fingerprint density at radius 3 is 3.23 bits per heavy atom. The van der Waals surface area contributed by atoms with E-state index in [0.29, 0.717) is 18.2 Å². The molecule has 1 saturated heterocycles. The monoisotopic (exact) mass is 180 g/mol. The molecule has 0 aliphatic carbocycles. The van der Waals surface area contributed by atoms with Gasteiger partial charge < -0.3 is 15.2 Å². The zero-order chi connectivity index (χ0) is 9.10. The van der Waals surface area contributed by atoms with E-state index < -0.39 is 0 Å². The van der Waals surface area contributed by atoms with Crippen molar-refractivity contribution in [3.8, 4) is 5.75 Å². The third-order valence-electron chi connectivity index (χ3n) is 1.98. The summed E-state index contributed by atoms with van der Waals surface area (Å²) in [5.41, 5.74) is 5.62. The topological polar surface area (TPSA) is 57.4 Å². The number of pyridine rings is 1. The minimum Gasteiger partial charge on any atom is -0.484 e. The van der Waals surface area contributed by atoms with Gasteiger partial charge in [-0.3, -0.25) is 0 Å². The molecular formula is C9H12N2O2. The van der Waals surface area contributed by atoms with Crippen molar-refractivity contribution in [2.75, 3.05) is 18.9 Å².